The topological polar surface area (TPSA) is 50.4 Å². The highest BCUT2D eigenvalue weighted by atomic mass is 35.5. The van der Waals surface area contributed by atoms with Gasteiger partial charge in [0.2, 0.25) is 0 Å². The van der Waals surface area contributed by atoms with Gasteiger partial charge in [0, 0.05) is 23.5 Å². The highest BCUT2D eigenvalue weighted by Gasteiger charge is 2.13. The van der Waals surface area contributed by atoms with Gasteiger partial charge in [-0.2, -0.15) is 0 Å². The Hall–Kier alpha value is -1.56. The summed E-state index contributed by atoms with van der Waals surface area (Å²) in [7, 11) is 0. The van der Waals surface area contributed by atoms with Crippen LogP contribution in [0.3, 0.4) is 0 Å². The van der Waals surface area contributed by atoms with Crippen molar-refractivity contribution < 1.29 is 9.53 Å². The van der Waals surface area contributed by atoms with Crippen LogP contribution >= 0.6 is 23.7 Å². The van der Waals surface area contributed by atoms with Crippen molar-refractivity contribution in [2.45, 2.75) is 39.4 Å². The molecule has 0 unspecified atom stereocenters. The fourth-order valence-corrected chi connectivity index (χ4v) is 2.72. The Morgan fingerprint density at radius 3 is 2.42 bits per heavy atom. The lowest BCUT2D eigenvalue weighted by Gasteiger charge is -2.20. The van der Waals surface area contributed by atoms with Crippen molar-refractivity contribution in [3.63, 3.8) is 0 Å². The van der Waals surface area contributed by atoms with E-state index in [2.05, 4.69) is 28.1 Å². The van der Waals surface area contributed by atoms with Crippen molar-refractivity contribution >= 4 is 29.7 Å². The van der Waals surface area contributed by atoms with Crippen LogP contribution in [0.1, 0.15) is 31.2 Å². The van der Waals surface area contributed by atoms with E-state index in [-0.39, 0.29) is 30.5 Å². The molecule has 1 aromatic carbocycles. The van der Waals surface area contributed by atoms with Crippen molar-refractivity contribution in [2.75, 3.05) is 6.61 Å². The monoisotopic (exact) mass is 368 g/mol. The van der Waals surface area contributed by atoms with E-state index in [1.807, 2.05) is 45.0 Å². The molecule has 0 aliphatic carbocycles. The molecular formula is C18H25ClN2O2S. The molecule has 2 aromatic rings. The molecule has 0 aliphatic rings. The number of carbonyl (C=O) groups is 1. The maximum Gasteiger partial charge on any atom is 0.258 e. The van der Waals surface area contributed by atoms with Gasteiger partial charge < -0.3 is 15.4 Å². The number of carbonyl (C=O) groups excluding carboxylic acids is 1. The fraction of sp³-hybridized carbons (Fsp3) is 0.389. The predicted octanol–water partition coefficient (Wildman–Crippen LogP) is 3.75. The van der Waals surface area contributed by atoms with Gasteiger partial charge in [-0.15, -0.1) is 23.7 Å². The van der Waals surface area contributed by atoms with E-state index in [0.717, 1.165) is 13.1 Å². The van der Waals surface area contributed by atoms with E-state index in [4.69, 9.17) is 4.74 Å². The molecule has 1 aromatic heterocycles. The van der Waals surface area contributed by atoms with E-state index in [0.29, 0.717) is 5.75 Å². The molecule has 24 heavy (non-hydrogen) atoms. The molecule has 0 radical (unpaired) electrons. The molecule has 132 valence electrons. The summed E-state index contributed by atoms with van der Waals surface area (Å²) in [6, 6.07) is 12.0. The van der Waals surface area contributed by atoms with Crippen LogP contribution in [0.2, 0.25) is 0 Å². The highest BCUT2D eigenvalue weighted by molar-refractivity contribution is 7.09. The number of hydrogen-bond acceptors (Lipinski definition) is 4. The van der Waals surface area contributed by atoms with Gasteiger partial charge in [-0.3, -0.25) is 4.79 Å². The van der Waals surface area contributed by atoms with Gasteiger partial charge in [0.15, 0.2) is 6.61 Å². The first-order valence-electron chi connectivity index (χ1n) is 7.68. The largest absolute Gasteiger partial charge is 0.484 e. The Morgan fingerprint density at radius 2 is 1.83 bits per heavy atom. The number of hydrogen-bond donors (Lipinski definition) is 2. The summed E-state index contributed by atoms with van der Waals surface area (Å²) in [6.45, 7) is 7.56. The zero-order valence-electron chi connectivity index (χ0n) is 14.3. The van der Waals surface area contributed by atoms with Crippen molar-refractivity contribution in [3.05, 3.63) is 52.2 Å². The maximum atomic E-state index is 11.7. The Labute approximate surface area is 154 Å². The fourth-order valence-electron chi connectivity index (χ4n) is 2.05. The van der Waals surface area contributed by atoms with Crippen molar-refractivity contribution in [2.24, 2.45) is 0 Å². The van der Waals surface area contributed by atoms with Crippen LogP contribution in [0.15, 0.2) is 41.8 Å². The molecule has 1 amide bonds. The first-order chi connectivity index (χ1) is 10.9. The highest BCUT2D eigenvalue weighted by Crippen LogP contribution is 2.13. The summed E-state index contributed by atoms with van der Waals surface area (Å²) in [6.07, 6.45) is 0. The van der Waals surface area contributed by atoms with Crippen molar-refractivity contribution in [1.82, 2.24) is 10.6 Å². The predicted molar refractivity (Wildman–Crippen MR) is 102 cm³/mol. The lowest BCUT2D eigenvalue weighted by Crippen LogP contribution is -2.43. The second-order valence-corrected chi connectivity index (χ2v) is 7.45. The first-order valence-corrected chi connectivity index (χ1v) is 8.56. The van der Waals surface area contributed by atoms with Crippen LogP contribution in [0.4, 0.5) is 0 Å². The van der Waals surface area contributed by atoms with Crippen LogP contribution in [0, 0.1) is 0 Å². The molecule has 0 atom stereocenters. The van der Waals surface area contributed by atoms with E-state index in [1.165, 1.54) is 10.4 Å². The number of nitrogens with one attached hydrogen (secondary N) is 2. The van der Waals surface area contributed by atoms with Gasteiger partial charge >= 0.3 is 0 Å². The minimum absolute atomic E-state index is 0. The summed E-state index contributed by atoms with van der Waals surface area (Å²) in [5, 5.41) is 8.36. The van der Waals surface area contributed by atoms with Crippen molar-refractivity contribution in [1.29, 1.82) is 0 Å². The van der Waals surface area contributed by atoms with Crippen molar-refractivity contribution in [3.8, 4) is 5.75 Å². The second-order valence-electron chi connectivity index (χ2n) is 6.41. The third-order valence-electron chi connectivity index (χ3n) is 3.02. The third-order valence-corrected chi connectivity index (χ3v) is 3.89. The lowest BCUT2D eigenvalue weighted by molar-refractivity contribution is -0.124. The molecule has 0 saturated heterocycles. The Kier molecular flexibility index (Phi) is 8.25. The first kappa shape index (κ1) is 20.5. The summed E-state index contributed by atoms with van der Waals surface area (Å²) in [4.78, 5) is 13.0. The molecule has 0 fully saturated rings. The molecule has 0 aliphatic heterocycles. The van der Waals surface area contributed by atoms with Gasteiger partial charge in [0.1, 0.15) is 5.75 Å². The normalized spacial score (nSPS) is 10.8. The average Bonchev–Trinajstić information content (AvgIpc) is 2.98. The van der Waals surface area contributed by atoms with Gasteiger partial charge in [-0.05, 0) is 49.9 Å². The second kappa shape index (κ2) is 9.67. The van der Waals surface area contributed by atoms with E-state index >= 15 is 0 Å². The van der Waals surface area contributed by atoms with E-state index in [1.54, 1.807) is 11.3 Å². The summed E-state index contributed by atoms with van der Waals surface area (Å²) < 4.78 is 5.50. The Morgan fingerprint density at radius 1 is 1.12 bits per heavy atom. The number of halogens is 1. The maximum absolute atomic E-state index is 11.7. The quantitative estimate of drug-likeness (QED) is 0.782. The van der Waals surface area contributed by atoms with Gasteiger partial charge in [-0.25, -0.2) is 0 Å². The zero-order chi connectivity index (χ0) is 16.7. The van der Waals surface area contributed by atoms with E-state index < -0.39 is 0 Å². The van der Waals surface area contributed by atoms with Crippen LogP contribution < -0.4 is 15.4 Å². The SMILES string of the molecule is CC(C)(C)NC(=O)COc1ccc(CNCc2cccs2)cc1.Cl. The minimum Gasteiger partial charge on any atom is -0.484 e. The van der Waals surface area contributed by atoms with Gasteiger partial charge in [-0.1, -0.05) is 18.2 Å². The summed E-state index contributed by atoms with van der Waals surface area (Å²) in [5.41, 5.74) is 0.950. The number of amides is 1. The third kappa shape index (κ3) is 7.81. The van der Waals surface area contributed by atoms with Gasteiger partial charge in [0.05, 0.1) is 0 Å². The van der Waals surface area contributed by atoms with Gasteiger partial charge in [0.25, 0.3) is 5.91 Å². The smallest absolute Gasteiger partial charge is 0.258 e. The van der Waals surface area contributed by atoms with Crippen LogP contribution in [-0.4, -0.2) is 18.1 Å². The minimum atomic E-state index is -0.238. The molecule has 0 saturated carbocycles. The molecule has 2 rings (SSSR count). The van der Waals surface area contributed by atoms with E-state index in [9.17, 15) is 4.79 Å². The van der Waals surface area contributed by atoms with Crippen LogP contribution in [0.25, 0.3) is 0 Å². The number of rotatable bonds is 7. The molecule has 1 heterocycles. The lowest BCUT2D eigenvalue weighted by atomic mass is 10.1. The Balaban J connectivity index is 0.00000288. The zero-order valence-corrected chi connectivity index (χ0v) is 15.9. The molecule has 4 nitrogen and oxygen atoms in total. The summed E-state index contributed by atoms with van der Waals surface area (Å²) in [5.74, 6) is 0.593. The average molecular weight is 369 g/mol. The molecule has 0 bridgehead atoms. The standard InChI is InChI=1S/C18H24N2O2S.ClH/c1-18(2,3)20-17(21)13-22-15-8-6-14(7-9-15)11-19-12-16-5-4-10-23-16;/h4-10,19H,11-13H2,1-3H3,(H,20,21);1H. The molecule has 6 heteroatoms. The molecule has 0 spiro atoms. The number of benzene rings is 1. The number of thiophene rings is 1. The summed E-state index contributed by atoms with van der Waals surface area (Å²) >= 11 is 1.75. The Bertz CT molecular complexity index is 607. The molecule has 2 N–H and O–H groups in total. The molecular weight excluding hydrogens is 344 g/mol. The number of ether oxygens (including phenoxy) is 1. The van der Waals surface area contributed by atoms with Crippen LogP contribution in [-0.2, 0) is 17.9 Å². The van der Waals surface area contributed by atoms with Crippen LogP contribution in [0.5, 0.6) is 5.75 Å².